The van der Waals surface area contributed by atoms with Crippen LogP contribution in [0.5, 0.6) is 0 Å². The summed E-state index contributed by atoms with van der Waals surface area (Å²) >= 11 is 0. The molecule has 7 nitrogen and oxygen atoms in total. The molecule has 1 unspecified atom stereocenters. The van der Waals surface area contributed by atoms with Crippen LogP contribution in [0.1, 0.15) is 12.0 Å². The van der Waals surface area contributed by atoms with E-state index in [-0.39, 0.29) is 11.9 Å². The number of rotatable bonds is 5. The van der Waals surface area contributed by atoms with Crippen molar-refractivity contribution in [3.05, 3.63) is 35.9 Å². The molecule has 1 saturated heterocycles. The van der Waals surface area contributed by atoms with E-state index in [1.54, 1.807) is 0 Å². The number of carbonyl (C=O) groups excluding carboxylic acids is 3. The van der Waals surface area contributed by atoms with Gasteiger partial charge < -0.3 is 16.0 Å². The second kappa shape index (κ2) is 6.55. The fraction of sp³-hybridized carbons (Fsp3) is 0.308. The summed E-state index contributed by atoms with van der Waals surface area (Å²) in [5, 5.41) is 9.94. The first kappa shape index (κ1) is 13.9. The summed E-state index contributed by atoms with van der Waals surface area (Å²) in [6, 6.07) is 8.16. The SMILES string of the molecule is O=C(NCCC1NC(=O)NC1=O)NCc1ccccc1. The van der Waals surface area contributed by atoms with Crippen molar-refractivity contribution in [3.8, 4) is 0 Å². The molecule has 1 aromatic carbocycles. The highest BCUT2D eigenvalue weighted by molar-refractivity contribution is 6.04. The van der Waals surface area contributed by atoms with Gasteiger partial charge in [-0.15, -0.1) is 0 Å². The molecule has 7 heteroatoms. The molecule has 0 radical (unpaired) electrons. The van der Waals surface area contributed by atoms with Crippen LogP contribution in [-0.4, -0.2) is 30.6 Å². The van der Waals surface area contributed by atoms with Crippen molar-refractivity contribution < 1.29 is 14.4 Å². The Balaban J connectivity index is 1.63. The third-order valence-corrected chi connectivity index (χ3v) is 2.87. The lowest BCUT2D eigenvalue weighted by Gasteiger charge is -2.09. The third-order valence-electron chi connectivity index (χ3n) is 2.87. The Bertz CT molecular complexity index is 504. The molecule has 4 N–H and O–H groups in total. The van der Waals surface area contributed by atoms with Crippen LogP contribution in [0.2, 0.25) is 0 Å². The highest BCUT2D eigenvalue weighted by atomic mass is 16.2. The summed E-state index contributed by atoms with van der Waals surface area (Å²) < 4.78 is 0. The van der Waals surface area contributed by atoms with E-state index >= 15 is 0 Å². The maximum absolute atomic E-state index is 11.5. The summed E-state index contributed by atoms with van der Waals surface area (Å²) in [6.45, 7) is 0.742. The van der Waals surface area contributed by atoms with Gasteiger partial charge in [-0.2, -0.15) is 0 Å². The predicted molar refractivity (Wildman–Crippen MR) is 71.8 cm³/mol. The number of imide groups is 1. The van der Waals surface area contributed by atoms with Crippen LogP contribution in [0.25, 0.3) is 0 Å². The molecule has 1 atom stereocenters. The second-order valence-corrected chi connectivity index (χ2v) is 4.40. The van der Waals surface area contributed by atoms with Gasteiger partial charge in [-0.05, 0) is 12.0 Å². The minimum absolute atomic E-state index is 0.305. The Labute approximate surface area is 116 Å². The van der Waals surface area contributed by atoms with Gasteiger partial charge in [-0.3, -0.25) is 10.1 Å². The van der Waals surface area contributed by atoms with Gasteiger partial charge in [-0.1, -0.05) is 30.3 Å². The van der Waals surface area contributed by atoms with Gasteiger partial charge in [0.2, 0.25) is 0 Å². The van der Waals surface area contributed by atoms with E-state index in [0.717, 1.165) is 5.56 Å². The van der Waals surface area contributed by atoms with Crippen LogP contribution in [0.15, 0.2) is 30.3 Å². The van der Waals surface area contributed by atoms with Crippen molar-refractivity contribution in [1.29, 1.82) is 0 Å². The third kappa shape index (κ3) is 3.98. The van der Waals surface area contributed by atoms with Gasteiger partial charge >= 0.3 is 12.1 Å². The first-order valence-corrected chi connectivity index (χ1v) is 6.32. The van der Waals surface area contributed by atoms with E-state index < -0.39 is 12.1 Å². The zero-order valence-corrected chi connectivity index (χ0v) is 10.8. The van der Waals surface area contributed by atoms with Crippen molar-refractivity contribution in [2.45, 2.75) is 19.0 Å². The lowest BCUT2D eigenvalue weighted by atomic mass is 10.2. The molecule has 1 aliphatic rings. The zero-order valence-electron chi connectivity index (χ0n) is 10.8. The Kier molecular flexibility index (Phi) is 4.54. The van der Waals surface area contributed by atoms with Crippen LogP contribution < -0.4 is 21.3 Å². The van der Waals surface area contributed by atoms with E-state index in [4.69, 9.17) is 0 Å². The van der Waals surface area contributed by atoms with Crippen molar-refractivity contribution >= 4 is 18.0 Å². The minimum Gasteiger partial charge on any atom is -0.338 e. The number of hydrogen-bond acceptors (Lipinski definition) is 3. The van der Waals surface area contributed by atoms with Crippen LogP contribution in [0.3, 0.4) is 0 Å². The largest absolute Gasteiger partial charge is 0.338 e. The standard InChI is InChI=1S/C13H16N4O3/c18-11-10(16-13(20)17-11)6-7-14-12(19)15-8-9-4-2-1-3-5-9/h1-5,10H,6-8H2,(H2,14,15,19)(H2,16,17,18,20). The van der Waals surface area contributed by atoms with Gasteiger partial charge in [0.05, 0.1) is 0 Å². The number of benzene rings is 1. The highest BCUT2D eigenvalue weighted by Gasteiger charge is 2.28. The normalized spacial score (nSPS) is 17.3. The molecule has 20 heavy (non-hydrogen) atoms. The van der Waals surface area contributed by atoms with Crippen molar-refractivity contribution in [2.24, 2.45) is 0 Å². The summed E-state index contributed by atoms with van der Waals surface area (Å²) in [5.41, 5.74) is 1.00. The Morgan fingerprint density at radius 3 is 2.55 bits per heavy atom. The average Bonchev–Trinajstić information content (AvgIpc) is 2.76. The average molecular weight is 276 g/mol. The second-order valence-electron chi connectivity index (χ2n) is 4.40. The fourth-order valence-electron chi connectivity index (χ4n) is 1.83. The number of nitrogens with one attached hydrogen (secondary N) is 4. The predicted octanol–water partition coefficient (Wildman–Crippen LogP) is 0.0839. The Morgan fingerprint density at radius 1 is 1.15 bits per heavy atom. The quantitative estimate of drug-likeness (QED) is 0.573. The first-order chi connectivity index (χ1) is 9.65. The summed E-state index contributed by atoms with van der Waals surface area (Å²) in [7, 11) is 0. The number of urea groups is 2. The Hall–Kier alpha value is -2.57. The molecular formula is C13H16N4O3. The number of hydrogen-bond donors (Lipinski definition) is 4. The number of amides is 5. The topological polar surface area (TPSA) is 99.3 Å². The van der Waals surface area contributed by atoms with Gasteiger partial charge in [0.15, 0.2) is 0 Å². The molecule has 0 saturated carbocycles. The highest BCUT2D eigenvalue weighted by Crippen LogP contribution is 1.98. The lowest BCUT2D eigenvalue weighted by Crippen LogP contribution is -2.39. The smallest absolute Gasteiger partial charge is 0.322 e. The maximum Gasteiger partial charge on any atom is 0.322 e. The van der Waals surface area contributed by atoms with E-state index in [1.165, 1.54) is 0 Å². The van der Waals surface area contributed by atoms with E-state index in [1.807, 2.05) is 30.3 Å². The van der Waals surface area contributed by atoms with E-state index in [9.17, 15) is 14.4 Å². The maximum atomic E-state index is 11.5. The number of carbonyl (C=O) groups is 3. The van der Waals surface area contributed by atoms with Gasteiger partial charge in [0.25, 0.3) is 5.91 Å². The van der Waals surface area contributed by atoms with Gasteiger partial charge in [0, 0.05) is 13.1 Å². The molecule has 1 aliphatic heterocycles. The van der Waals surface area contributed by atoms with Crippen LogP contribution >= 0.6 is 0 Å². The molecule has 1 fully saturated rings. The minimum atomic E-state index is -0.572. The fourth-order valence-corrected chi connectivity index (χ4v) is 1.83. The molecule has 2 rings (SSSR count). The molecule has 1 heterocycles. The molecule has 5 amide bonds. The first-order valence-electron chi connectivity index (χ1n) is 6.32. The van der Waals surface area contributed by atoms with Gasteiger partial charge in [-0.25, -0.2) is 9.59 Å². The molecule has 0 spiro atoms. The van der Waals surface area contributed by atoms with Crippen LogP contribution in [0, 0.1) is 0 Å². The Morgan fingerprint density at radius 2 is 1.90 bits per heavy atom. The van der Waals surface area contributed by atoms with Crippen LogP contribution in [0.4, 0.5) is 9.59 Å². The molecule has 1 aromatic rings. The zero-order chi connectivity index (χ0) is 14.4. The molecule has 0 aromatic heterocycles. The van der Waals surface area contributed by atoms with Crippen molar-refractivity contribution in [3.63, 3.8) is 0 Å². The summed E-state index contributed by atoms with van der Waals surface area (Å²) in [6.07, 6.45) is 0.357. The van der Waals surface area contributed by atoms with Crippen molar-refractivity contribution in [2.75, 3.05) is 6.54 Å². The van der Waals surface area contributed by atoms with E-state index in [2.05, 4.69) is 21.3 Å². The van der Waals surface area contributed by atoms with Crippen LogP contribution in [-0.2, 0) is 11.3 Å². The summed E-state index contributed by atoms with van der Waals surface area (Å²) in [5.74, 6) is -0.360. The van der Waals surface area contributed by atoms with E-state index in [0.29, 0.717) is 19.5 Å². The lowest BCUT2D eigenvalue weighted by molar-refractivity contribution is -0.120. The molecule has 0 aliphatic carbocycles. The van der Waals surface area contributed by atoms with Gasteiger partial charge in [0.1, 0.15) is 6.04 Å². The monoisotopic (exact) mass is 276 g/mol. The molecule has 0 bridgehead atoms. The summed E-state index contributed by atoms with van der Waals surface area (Å²) in [4.78, 5) is 33.7. The molecule has 106 valence electrons. The van der Waals surface area contributed by atoms with Crippen molar-refractivity contribution in [1.82, 2.24) is 21.3 Å². The molecular weight excluding hydrogens is 260 g/mol.